The van der Waals surface area contributed by atoms with E-state index in [1.165, 1.54) is 22.5 Å². The van der Waals surface area contributed by atoms with Gasteiger partial charge in [0, 0.05) is 32.6 Å². The van der Waals surface area contributed by atoms with Crippen LogP contribution < -0.4 is 0 Å². The summed E-state index contributed by atoms with van der Waals surface area (Å²) in [7, 11) is -3.85. The highest BCUT2D eigenvalue weighted by atomic mass is 32.2. The molecule has 3 fully saturated rings. The van der Waals surface area contributed by atoms with Crippen molar-refractivity contribution >= 4 is 15.9 Å². The van der Waals surface area contributed by atoms with E-state index in [-0.39, 0.29) is 29.8 Å². The Hall–Kier alpha value is -1.51. The highest BCUT2D eigenvalue weighted by Crippen LogP contribution is 2.41. The molecule has 142 valence electrons. The lowest BCUT2D eigenvalue weighted by Crippen LogP contribution is -2.63. The van der Waals surface area contributed by atoms with Gasteiger partial charge in [-0.2, -0.15) is 4.31 Å². The number of benzene rings is 1. The molecular formula is C18H23FN2O4S. The summed E-state index contributed by atoms with van der Waals surface area (Å²) in [5, 5.41) is 0. The number of hydrogen-bond acceptors (Lipinski definition) is 4. The minimum atomic E-state index is -3.85. The molecule has 3 aliphatic heterocycles. The van der Waals surface area contributed by atoms with Crippen LogP contribution in [0.3, 0.4) is 0 Å². The van der Waals surface area contributed by atoms with Crippen molar-refractivity contribution in [1.29, 1.82) is 0 Å². The standard InChI is InChI=1S/C18H23FN2O4S/c19-15-5-1-2-6-16(15)26(23,24)21-12-18(13-21)10-14(11-25-18)9-17(22)20-7-3-4-8-20/h1-2,5-6,14H,3-4,7-13H2. The molecule has 0 radical (unpaired) electrons. The van der Waals surface area contributed by atoms with Gasteiger partial charge in [0.1, 0.15) is 10.7 Å². The summed E-state index contributed by atoms with van der Waals surface area (Å²) in [5.74, 6) is -0.445. The van der Waals surface area contributed by atoms with Crippen LogP contribution in [0.15, 0.2) is 29.2 Å². The fraction of sp³-hybridized carbons (Fsp3) is 0.611. The van der Waals surface area contributed by atoms with Gasteiger partial charge in [-0.25, -0.2) is 12.8 Å². The van der Waals surface area contributed by atoms with Gasteiger partial charge in [-0.15, -0.1) is 0 Å². The van der Waals surface area contributed by atoms with Gasteiger partial charge in [-0.3, -0.25) is 4.79 Å². The maximum Gasteiger partial charge on any atom is 0.246 e. The molecule has 0 aromatic heterocycles. The Morgan fingerprint density at radius 1 is 1.23 bits per heavy atom. The summed E-state index contributed by atoms with van der Waals surface area (Å²) in [6.07, 6.45) is 3.27. The van der Waals surface area contributed by atoms with Crippen molar-refractivity contribution in [1.82, 2.24) is 9.21 Å². The van der Waals surface area contributed by atoms with Crippen LogP contribution in [0.5, 0.6) is 0 Å². The Labute approximate surface area is 153 Å². The Morgan fingerprint density at radius 3 is 2.62 bits per heavy atom. The number of sulfonamides is 1. The van der Waals surface area contributed by atoms with Gasteiger partial charge in [-0.1, -0.05) is 12.1 Å². The van der Waals surface area contributed by atoms with Crippen LogP contribution in [0, 0.1) is 11.7 Å². The van der Waals surface area contributed by atoms with Crippen molar-refractivity contribution in [3.8, 4) is 0 Å². The molecule has 1 aromatic rings. The topological polar surface area (TPSA) is 66.9 Å². The summed E-state index contributed by atoms with van der Waals surface area (Å²) in [6, 6.07) is 5.41. The molecule has 3 heterocycles. The second kappa shape index (κ2) is 6.58. The van der Waals surface area contributed by atoms with Crippen LogP contribution in [0.25, 0.3) is 0 Å². The molecule has 3 saturated heterocycles. The highest BCUT2D eigenvalue weighted by molar-refractivity contribution is 7.89. The Kier molecular flexibility index (Phi) is 4.53. The minimum absolute atomic E-state index is 0.126. The Balaban J connectivity index is 1.36. The van der Waals surface area contributed by atoms with Gasteiger partial charge in [-0.05, 0) is 37.3 Å². The van der Waals surface area contributed by atoms with Crippen LogP contribution in [-0.2, 0) is 19.6 Å². The molecule has 6 nitrogen and oxygen atoms in total. The first-order chi connectivity index (χ1) is 12.4. The summed E-state index contributed by atoms with van der Waals surface area (Å²) in [6.45, 7) is 2.60. The highest BCUT2D eigenvalue weighted by Gasteiger charge is 2.54. The van der Waals surface area contributed by atoms with Gasteiger partial charge in [0.25, 0.3) is 0 Å². The predicted molar refractivity (Wildman–Crippen MR) is 92.4 cm³/mol. The smallest absolute Gasteiger partial charge is 0.246 e. The van der Waals surface area contributed by atoms with E-state index in [0.717, 1.165) is 32.0 Å². The molecule has 0 aliphatic carbocycles. The summed E-state index contributed by atoms with van der Waals surface area (Å²) in [5.41, 5.74) is -0.520. The number of hydrogen-bond donors (Lipinski definition) is 0. The molecule has 0 saturated carbocycles. The number of ether oxygens (including phenoxy) is 1. The third-order valence-corrected chi connectivity index (χ3v) is 7.42. The van der Waals surface area contributed by atoms with Gasteiger partial charge in [0.05, 0.1) is 12.2 Å². The first-order valence-corrected chi connectivity index (χ1v) is 10.5. The average molecular weight is 382 g/mol. The van der Waals surface area contributed by atoms with Crippen LogP contribution in [0.1, 0.15) is 25.7 Å². The maximum atomic E-state index is 13.8. The van der Waals surface area contributed by atoms with Crippen molar-refractivity contribution in [2.45, 2.75) is 36.2 Å². The molecule has 4 rings (SSSR count). The zero-order chi connectivity index (χ0) is 18.4. The van der Waals surface area contributed by atoms with Crippen molar-refractivity contribution in [3.05, 3.63) is 30.1 Å². The van der Waals surface area contributed by atoms with E-state index in [0.29, 0.717) is 19.4 Å². The van der Waals surface area contributed by atoms with E-state index >= 15 is 0 Å². The van der Waals surface area contributed by atoms with E-state index < -0.39 is 21.4 Å². The number of carbonyl (C=O) groups excluding carboxylic acids is 1. The number of nitrogens with zero attached hydrogens (tertiary/aromatic N) is 2. The Bertz CT molecular complexity index is 801. The van der Waals surface area contributed by atoms with E-state index in [4.69, 9.17) is 4.74 Å². The lowest BCUT2D eigenvalue weighted by molar-refractivity contribution is -0.131. The molecule has 26 heavy (non-hydrogen) atoms. The van der Waals surface area contributed by atoms with E-state index in [2.05, 4.69) is 0 Å². The molecule has 1 spiro atoms. The summed E-state index contributed by atoms with van der Waals surface area (Å²) < 4.78 is 46.1. The fourth-order valence-corrected chi connectivity index (χ4v) is 5.85. The van der Waals surface area contributed by atoms with Crippen molar-refractivity contribution in [3.63, 3.8) is 0 Å². The molecule has 3 aliphatic rings. The largest absolute Gasteiger partial charge is 0.372 e. The predicted octanol–water partition coefficient (Wildman–Crippen LogP) is 1.62. The number of halogens is 1. The second-order valence-electron chi connectivity index (χ2n) is 7.56. The molecule has 1 aromatic carbocycles. The molecule has 1 atom stereocenters. The van der Waals surface area contributed by atoms with E-state index in [1.54, 1.807) is 0 Å². The average Bonchev–Trinajstić information content (AvgIpc) is 3.23. The van der Waals surface area contributed by atoms with Gasteiger partial charge < -0.3 is 9.64 Å². The quantitative estimate of drug-likeness (QED) is 0.794. The molecule has 8 heteroatoms. The number of carbonyl (C=O) groups is 1. The van der Waals surface area contributed by atoms with Crippen molar-refractivity contribution in [2.24, 2.45) is 5.92 Å². The van der Waals surface area contributed by atoms with Crippen molar-refractivity contribution in [2.75, 3.05) is 32.8 Å². The molecule has 1 amide bonds. The molecule has 0 bridgehead atoms. The monoisotopic (exact) mass is 382 g/mol. The fourth-order valence-electron chi connectivity index (χ4n) is 4.19. The van der Waals surface area contributed by atoms with Crippen LogP contribution in [-0.4, -0.2) is 61.9 Å². The number of likely N-dealkylation sites (tertiary alicyclic amines) is 1. The van der Waals surface area contributed by atoms with Crippen LogP contribution >= 0.6 is 0 Å². The summed E-state index contributed by atoms with van der Waals surface area (Å²) >= 11 is 0. The number of amides is 1. The SMILES string of the molecule is O=C(CC1COC2(C1)CN(S(=O)(=O)c1ccccc1F)C2)N1CCCC1. The first kappa shape index (κ1) is 17.9. The third-order valence-electron chi connectivity index (χ3n) is 5.59. The van der Waals surface area contributed by atoms with E-state index in [1.807, 2.05) is 4.90 Å². The first-order valence-electron chi connectivity index (χ1n) is 9.06. The normalized spacial score (nSPS) is 25.6. The van der Waals surface area contributed by atoms with Crippen LogP contribution in [0.2, 0.25) is 0 Å². The zero-order valence-electron chi connectivity index (χ0n) is 14.6. The third kappa shape index (κ3) is 3.14. The van der Waals surface area contributed by atoms with Gasteiger partial charge >= 0.3 is 0 Å². The van der Waals surface area contributed by atoms with Gasteiger partial charge in [0.2, 0.25) is 15.9 Å². The molecular weight excluding hydrogens is 359 g/mol. The Morgan fingerprint density at radius 2 is 1.92 bits per heavy atom. The van der Waals surface area contributed by atoms with Gasteiger partial charge in [0.15, 0.2) is 0 Å². The zero-order valence-corrected chi connectivity index (χ0v) is 15.4. The number of rotatable bonds is 4. The van der Waals surface area contributed by atoms with Crippen LogP contribution in [0.4, 0.5) is 4.39 Å². The molecule has 1 unspecified atom stereocenters. The lowest BCUT2D eigenvalue weighted by atomic mass is 9.87. The maximum absolute atomic E-state index is 13.8. The molecule has 0 N–H and O–H groups in total. The minimum Gasteiger partial charge on any atom is -0.372 e. The lowest BCUT2D eigenvalue weighted by Gasteiger charge is -2.46. The van der Waals surface area contributed by atoms with E-state index in [9.17, 15) is 17.6 Å². The second-order valence-corrected chi connectivity index (χ2v) is 9.47. The summed E-state index contributed by atoms with van der Waals surface area (Å²) in [4.78, 5) is 13.9. The van der Waals surface area contributed by atoms with Crippen molar-refractivity contribution < 1.29 is 22.3 Å².